The van der Waals surface area contributed by atoms with Crippen LogP contribution in [0.1, 0.15) is 27.2 Å². The summed E-state index contributed by atoms with van der Waals surface area (Å²) in [4.78, 5) is 31.9. The third kappa shape index (κ3) is 6.89. The second-order valence-electron chi connectivity index (χ2n) is 9.53. The fraction of sp³-hybridized carbons (Fsp3) is 0.250. The Hall–Kier alpha value is -4.14. The van der Waals surface area contributed by atoms with Gasteiger partial charge in [0.25, 0.3) is 5.91 Å². The Labute approximate surface area is 238 Å². The molecule has 40 heavy (non-hydrogen) atoms. The van der Waals surface area contributed by atoms with Crippen molar-refractivity contribution in [1.82, 2.24) is 9.80 Å². The molecule has 0 atom stereocenters. The van der Waals surface area contributed by atoms with Crippen LogP contribution in [0.3, 0.4) is 0 Å². The maximum Gasteiger partial charge on any atom is 0.254 e. The summed E-state index contributed by atoms with van der Waals surface area (Å²) < 4.78 is 16.2. The second-order valence-corrected chi connectivity index (χ2v) is 10.6. The highest BCUT2D eigenvalue weighted by Crippen LogP contribution is 2.33. The van der Waals surface area contributed by atoms with E-state index < -0.39 is 0 Å². The highest BCUT2D eigenvalue weighted by Gasteiger charge is 2.24. The van der Waals surface area contributed by atoms with Crippen molar-refractivity contribution in [3.63, 3.8) is 0 Å². The van der Waals surface area contributed by atoms with Gasteiger partial charge in [-0.3, -0.25) is 9.59 Å². The first-order chi connectivity index (χ1) is 19.6. The third-order valence-corrected chi connectivity index (χ3v) is 7.58. The highest BCUT2D eigenvalue weighted by atomic mass is 32.1. The van der Waals surface area contributed by atoms with Gasteiger partial charge in [0.1, 0.15) is 6.54 Å². The Balaban J connectivity index is 1.34. The predicted octanol–water partition coefficient (Wildman–Crippen LogP) is 5.85. The molecule has 4 aromatic rings. The van der Waals surface area contributed by atoms with Crippen LogP contribution in [0.2, 0.25) is 0 Å². The molecule has 0 unspecified atom stereocenters. The van der Waals surface area contributed by atoms with E-state index in [2.05, 4.69) is 0 Å². The SMILES string of the molecule is COCCCN(CC(=O)N(Cc1ccc2c(c1)OCO2)Cc1cccs1)C(=O)c1ccc(-c2ccccc2)cc1. The number of hydrogen-bond donors (Lipinski definition) is 0. The van der Waals surface area contributed by atoms with Gasteiger partial charge in [-0.05, 0) is 58.8 Å². The van der Waals surface area contributed by atoms with Gasteiger partial charge in [0, 0.05) is 37.2 Å². The Morgan fingerprint density at radius 1 is 0.850 bits per heavy atom. The summed E-state index contributed by atoms with van der Waals surface area (Å²) in [6, 6.07) is 27.3. The van der Waals surface area contributed by atoms with Crippen molar-refractivity contribution >= 4 is 23.2 Å². The number of ether oxygens (including phenoxy) is 3. The minimum absolute atomic E-state index is 0.0289. The molecule has 0 fully saturated rings. The summed E-state index contributed by atoms with van der Waals surface area (Å²) in [7, 11) is 1.63. The number of thiophene rings is 1. The zero-order chi connectivity index (χ0) is 27.7. The minimum Gasteiger partial charge on any atom is -0.454 e. The first kappa shape index (κ1) is 27.4. The van der Waals surface area contributed by atoms with Gasteiger partial charge >= 0.3 is 0 Å². The summed E-state index contributed by atoms with van der Waals surface area (Å²) in [5.41, 5.74) is 3.60. The van der Waals surface area contributed by atoms with Crippen molar-refractivity contribution in [3.05, 3.63) is 106 Å². The van der Waals surface area contributed by atoms with E-state index in [0.29, 0.717) is 49.7 Å². The van der Waals surface area contributed by atoms with Crippen molar-refractivity contribution in [2.45, 2.75) is 19.5 Å². The topological polar surface area (TPSA) is 68.3 Å². The summed E-state index contributed by atoms with van der Waals surface area (Å²) in [5.74, 6) is 1.07. The lowest BCUT2D eigenvalue weighted by Gasteiger charge is -2.28. The molecule has 0 aliphatic carbocycles. The molecule has 2 amide bonds. The Morgan fingerprint density at radius 3 is 2.38 bits per heavy atom. The van der Waals surface area contributed by atoms with Crippen LogP contribution in [0.4, 0.5) is 0 Å². The van der Waals surface area contributed by atoms with Crippen LogP contribution in [-0.2, 0) is 22.6 Å². The van der Waals surface area contributed by atoms with E-state index in [4.69, 9.17) is 14.2 Å². The molecule has 2 heterocycles. The number of amides is 2. The van der Waals surface area contributed by atoms with Crippen molar-refractivity contribution in [1.29, 1.82) is 0 Å². The van der Waals surface area contributed by atoms with Crippen LogP contribution < -0.4 is 9.47 Å². The Kier molecular flexibility index (Phi) is 9.11. The van der Waals surface area contributed by atoms with Crippen LogP contribution in [0, 0.1) is 0 Å². The number of benzene rings is 3. The molecule has 0 saturated carbocycles. The van der Waals surface area contributed by atoms with Crippen LogP contribution in [0.5, 0.6) is 11.5 Å². The Morgan fingerprint density at radius 2 is 1.62 bits per heavy atom. The molecule has 8 heteroatoms. The number of nitrogens with zero attached hydrogens (tertiary/aromatic N) is 2. The van der Waals surface area contributed by atoms with Crippen molar-refractivity contribution in [3.8, 4) is 22.6 Å². The zero-order valence-electron chi connectivity index (χ0n) is 22.5. The largest absolute Gasteiger partial charge is 0.454 e. The number of hydrogen-bond acceptors (Lipinski definition) is 6. The van der Waals surface area contributed by atoms with Crippen molar-refractivity contribution < 1.29 is 23.8 Å². The monoisotopic (exact) mass is 556 g/mol. The fourth-order valence-electron chi connectivity index (χ4n) is 4.62. The summed E-state index contributed by atoms with van der Waals surface area (Å²) in [6.07, 6.45) is 0.630. The van der Waals surface area contributed by atoms with E-state index in [0.717, 1.165) is 21.6 Å². The summed E-state index contributed by atoms with van der Waals surface area (Å²) in [5, 5.41) is 2.00. The maximum absolute atomic E-state index is 13.8. The van der Waals surface area contributed by atoms with Crippen LogP contribution in [-0.4, -0.2) is 55.2 Å². The first-order valence-corrected chi connectivity index (χ1v) is 14.1. The molecular formula is C32H32N2O5S. The summed E-state index contributed by atoms with van der Waals surface area (Å²) in [6.45, 7) is 1.92. The summed E-state index contributed by atoms with van der Waals surface area (Å²) >= 11 is 1.60. The van der Waals surface area contributed by atoms with E-state index in [9.17, 15) is 9.59 Å². The van der Waals surface area contributed by atoms with E-state index >= 15 is 0 Å². The molecule has 1 aliphatic heterocycles. The minimum atomic E-state index is -0.178. The van der Waals surface area contributed by atoms with Gasteiger partial charge in [0.15, 0.2) is 11.5 Å². The average molecular weight is 557 g/mol. The second kappa shape index (κ2) is 13.3. The lowest BCUT2D eigenvalue weighted by Crippen LogP contribution is -2.43. The third-order valence-electron chi connectivity index (χ3n) is 6.72. The fourth-order valence-corrected chi connectivity index (χ4v) is 5.34. The molecular weight excluding hydrogens is 524 g/mol. The molecule has 7 nitrogen and oxygen atoms in total. The standard InChI is InChI=1S/C32H32N2O5S/c1-37-17-6-16-33(32(36)27-13-11-26(12-14-27)25-7-3-2-4-8-25)22-31(35)34(21-28-9-5-18-40-28)20-24-10-15-29-30(19-24)39-23-38-29/h2-5,7-15,18-19H,6,16-17,20-23H2,1H3. The number of carbonyl (C=O) groups is 2. The van der Waals surface area contributed by atoms with Gasteiger partial charge < -0.3 is 24.0 Å². The van der Waals surface area contributed by atoms with Crippen LogP contribution in [0.15, 0.2) is 90.3 Å². The molecule has 0 spiro atoms. The molecule has 206 valence electrons. The highest BCUT2D eigenvalue weighted by molar-refractivity contribution is 7.09. The van der Waals surface area contributed by atoms with Crippen LogP contribution in [0.25, 0.3) is 11.1 Å². The van der Waals surface area contributed by atoms with Gasteiger partial charge in [-0.2, -0.15) is 0 Å². The predicted molar refractivity (Wildman–Crippen MR) is 155 cm³/mol. The molecule has 0 N–H and O–H groups in total. The number of fused-ring (bicyclic) bond motifs is 1. The smallest absolute Gasteiger partial charge is 0.254 e. The van der Waals surface area contributed by atoms with E-state index in [1.807, 2.05) is 90.3 Å². The lowest BCUT2D eigenvalue weighted by molar-refractivity contribution is -0.133. The average Bonchev–Trinajstić information content (AvgIpc) is 3.68. The van der Waals surface area contributed by atoms with E-state index in [1.54, 1.807) is 28.2 Å². The van der Waals surface area contributed by atoms with Gasteiger partial charge in [-0.25, -0.2) is 0 Å². The molecule has 0 bridgehead atoms. The number of carbonyl (C=O) groups excluding carboxylic acids is 2. The van der Waals surface area contributed by atoms with E-state index in [-0.39, 0.29) is 25.2 Å². The Bertz CT molecular complexity index is 1410. The number of rotatable bonds is 12. The normalized spacial score (nSPS) is 11.8. The molecule has 0 radical (unpaired) electrons. The number of methoxy groups -OCH3 is 1. The maximum atomic E-state index is 13.8. The molecule has 5 rings (SSSR count). The van der Waals surface area contributed by atoms with Gasteiger partial charge in [-0.1, -0.05) is 54.6 Å². The zero-order valence-corrected chi connectivity index (χ0v) is 23.3. The van der Waals surface area contributed by atoms with Crippen molar-refractivity contribution in [2.24, 2.45) is 0 Å². The molecule has 0 saturated heterocycles. The molecule has 3 aromatic carbocycles. The lowest BCUT2D eigenvalue weighted by atomic mass is 10.0. The quantitative estimate of drug-likeness (QED) is 0.205. The molecule has 1 aromatic heterocycles. The molecule has 1 aliphatic rings. The van der Waals surface area contributed by atoms with Gasteiger partial charge in [0.05, 0.1) is 6.54 Å². The van der Waals surface area contributed by atoms with Crippen molar-refractivity contribution in [2.75, 3.05) is 33.6 Å². The van der Waals surface area contributed by atoms with E-state index in [1.165, 1.54) is 0 Å². The van der Waals surface area contributed by atoms with Crippen LogP contribution >= 0.6 is 11.3 Å². The van der Waals surface area contributed by atoms with Gasteiger partial charge in [0.2, 0.25) is 12.7 Å². The first-order valence-electron chi connectivity index (χ1n) is 13.2. The van der Waals surface area contributed by atoms with Gasteiger partial charge in [-0.15, -0.1) is 11.3 Å².